The molecule has 2 aliphatic heterocycles. The van der Waals surface area contributed by atoms with Crippen LogP contribution in [0.1, 0.15) is 55.4 Å². The summed E-state index contributed by atoms with van der Waals surface area (Å²) in [4.78, 5) is 2.89. The minimum atomic E-state index is -0.354. The third-order valence-corrected chi connectivity index (χ3v) is 11.2. The Morgan fingerprint density at radius 2 is 2.03 bits per heavy atom. The number of methoxy groups -OCH3 is 2. The molecule has 6 heteroatoms. The largest absolute Gasteiger partial charge is 0.493 e. The van der Waals surface area contributed by atoms with Gasteiger partial charge in [-0.2, -0.15) is 0 Å². The van der Waals surface area contributed by atoms with E-state index in [4.69, 9.17) is 23.4 Å². The molecule has 0 amide bonds. The van der Waals surface area contributed by atoms with Gasteiger partial charge in [-0.1, -0.05) is 6.07 Å². The van der Waals surface area contributed by atoms with Crippen molar-refractivity contribution in [1.29, 1.82) is 0 Å². The van der Waals surface area contributed by atoms with Crippen molar-refractivity contribution in [3.8, 4) is 11.5 Å². The van der Waals surface area contributed by atoms with Crippen LogP contribution in [0, 0.1) is 17.3 Å². The Kier molecular flexibility index (Phi) is 4.60. The van der Waals surface area contributed by atoms with Crippen molar-refractivity contribution in [2.75, 3.05) is 33.9 Å². The Balaban J connectivity index is 1.24. The summed E-state index contributed by atoms with van der Waals surface area (Å²) in [6.07, 6.45) is 10.2. The fourth-order valence-corrected chi connectivity index (χ4v) is 9.59. The van der Waals surface area contributed by atoms with Gasteiger partial charge in [0.1, 0.15) is 24.1 Å². The van der Waals surface area contributed by atoms with Crippen molar-refractivity contribution >= 4 is 0 Å². The lowest BCUT2D eigenvalue weighted by atomic mass is 9.35. The van der Waals surface area contributed by atoms with Gasteiger partial charge >= 0.3 is 0 Å². The molecule has 36 heavy (non-hydrogen) atoms. The first-order valence-electron chi connectivity index (χ1n) is 13.9. The summed E-state index contributed by atoms with van der Waals surface area (Å²) in [5.41, 5.74) is 2.78. The van der Waals surface area contributed by atoms with Crippen LogP contribution in [-0.4, -0.2) is 56.6 Å². The van der Waals surface area contributed by atoms with Gasteiger partial charge in [-0.05, 0) is 81.2 Å². The number of rotatable bonds is 8. The molecule has 7 aliphatic rings. The molecule has 3 heterocycles. The van der Waals surface area contributed by atoms with Gasteiger partial charge < -0.3 is 23.4 Å². The maximum Gasteiger partial charge on any atom is 0.165 e. The van der Waals surface area contributed by atoms with Crippen molar-refractivity contribution in [3.05, 3.63) is 47.4 Å². The summed E-state index contributed by atoms with van der Waals surface area (Å²) in [6, 6.07) is 8.93. The van der Waals surface area contributed by atoms with Crippen LogP contribution in [0.2, 0.25) is 0 Å². The molecule has 2 aromatic rings. The van der Waals surface area contributed by atoms with E-state index < -0.39 is 0 Å². The molecular formula is C30H37NO5. The Morgan fingerprint density at radius 1 is 1.11 bits per heavy atom. The Hall–Kier alpha value is -2.02. The summed E-state index contributed by atoms with van der Waals surface area (Å²) in [7, 11) is 3.67. The van der Waals surface area contributed by atoms with E-state index in [-0.39, 0.29) is 28.5 Å². The lowest BCUT2D eigenvalue weighted by Crippen LogP contribution is -2.81. The molecule has 192 valence electrons. The number of hydrogen-bond donors (Lipinski definition) is 0. The molecule has 0 unspecified atom stereocenters. The highest BCUT2D eigenvalue weighted by Gasteiger charge is 2.80. The molecule has 0 radical (unpaired) electrons. The predicted octanol–water partition coefficient (Wildman–Crippen LogP) is 4.73. The van der Waals surface area contributed by atoms with Crippen LogP contribution in [-0.2, 0) is 27.9 Å². The molecule has 1 saturated heterocycles. The second-order valence-corrected chi connectivity index (χ2v) is 12.3. The maximum absolute atomic E-state index is 7.09. The van der Waals surface area contributed by atoms with Crippen molar-refractivity contribution in [1.82, 2.24) is 4.90 Å². The summed E-state index contributed by atoms with van der Waals surface area (Å²) in [5, 5.41) is 0. The van der Waals surface area contributed by atoms with Gasteiger partial charge in [-0.25, -0.2) is 0 Å². The Labute approximate surface area is 213 Å². The monoisotopic (exact) mass is 491 g/mol. The lowest BCUT2D eigenvalue weighted by Gasteiger charge is -2.74. The van der Waals surface area contributed by atoms with Crippen molar-refractivity contribution in [3.63, 3.8) is 0 Å². The van der Waals surface area contributed by atoms with Gasteiger partial charge in [0.05, 0.1) is 20.0 Å². The minimum Gasteiger partial charge on any atom is -0.493 e. The fourth-order valence-electron chi connectivity index (χ4n) is 9.59. The van der Waals surface area contributed by atoms with Gasteiger partial charge in [-0.15, -0.1) is 0 Å². The molecule has 4 saturated carbocycles. The highest BCUT2D eigenvalue weighted by Crippen LogP contribution is 2.76. The molecule has 5 fully saturated rings. The molecule has 9 rings (SSSR count). The summed E-state index contributed by atoms with van der Waals surface area (Å²) < 4.78 is 31.4. The molecule has 6 nitrogen and oxygen atoms in total. The van der Waals surface area contributed by atoms with Crippen LogP contribution in [0.25, 0.3) is 0 Å². The van der Waals surface area contributed by atoms with E-state index in [2.05, 4.69) is 17.0 Å². The van der Waals surface area contributed by atoms with Crippen molar-refractivity contribution in [2.24, 2.45) is 17.3 Å². The van der Waals surface area contributed by atoms with E-state index in [1.807, 2.05) is 19.2 Å². The summed E-state index contributed by atoms with van der Waals surface area (Å²) in [6.45, 7) is 3.60. The molecule has 0 N–H and O–H groups in total. The van der Waals surface area contributed by atoms with E-state index in [0.29, 0.717) is 19.3 Å². The maximum atomic E-state index is 7.09. The smallest absolute Gasteiger partial charge is 0.165 e. The topological polar surface area (TPSA) is 53.3 Å². The van der Waals surface area contributed by atoms with Crippen LogP contribution in [0.5, 0.6) is 11.5 Å². The zero-order valence-electron chi connectivity index (χ0n) is 21.5. The normalized spacial score (nSPS) is 39.7. The SMILES string of the molecule is COc1ccc2c3c1O[C@H]1[C@@]4(OC)CC[C@@]5(C[C@@H]4COCc4ccco4)[C@@H](C2)N(CC2CC2)CC[C@]315. The third-order valence-electron chi connectivity index (χ3n) is 11.2. The molecule has 6 atom stereocenters. The first-order chi connectivity index (χ1) is 17.6. The van der Waals surface area contributed by atoms with Gasteiger partial charge in [0, 0.05) is 42.0 Å². The number of nitrogens with zero attached hydrogens (tertiary/aromatic N) is 1. The van der Waals surface area contributed by atoms with Gasteiger partial charge in [-0.3, -0.25) is 4.90 Å². The average Bonchev–Trinajstić information content (AvgIpc) is 3.41. The standard InChI is InChI=1S/C30H37NO5/c1-32-23-8-7-20-14-24-28-9-10-30(33-2,21(15-28)17-34-18-22-4-3-13-35-22)27-29(28,25(20)26(23)36-27)11-12-31(24)16-19-5-6-19/h3-4,7-8,13,19,21,24,27H,5-6,9-12,14-18H2,1-2H3/t21-,24-,27-,28-,29+,30-/m1/s1. The molecule has 1 aromatic carbocycles. The van der Waals surface area contributed by atoms with E-state index in [1.54, 1.807) is 13.4 Å². The summed E-state index contributed by atoms with van der Waals surface area (Å²) >= 11 is 0. The van der Waals surface area contributed by atoms with Gasteiger partial charge in [0.25, 0.3) is 0 Å². The number of benzene rings is 1. The zero-order valence-corrected chi connectivity index (χ0v) is 21.5. The quantitative estimate of drug-likeness (QED) is 0.532. The van der Waals surface area contributed by atoms with Crippen LogP contribution in [0.15, 0.2) is 34.9 Å². The Morgan fingerprint density at radius 3 is 2.81 bits per heavy atom. The first-order valence-corrected chi connectivity index (χ1v) is 13.9. The lowest BCUT2D eigenvalue weighted by molar-refractivity contribution is -0.283. The number of hydrogen-bond acceptors (Lipinski definition) is 6. The number of piperidine rings is 1. The highest BCUT2D eigenvalue weighted by atomic mass is 16.6. The van der Waals surface area contributed by atoms with E-state index in [1.165, 1.54) is 43.5 Å². The number of likely N-dealkylation sites (tertiary alicyclic amines) is 1. The van der Waals surface area contributed by atoms with Gasteiger partial charge in [0.15, 0.2) is 11.5 Å². The first kappa shape index (κ1) is 22.0. The highest BCUT2D eigenvalue weighted by molar-refractivity contribution is 5.63. The van der Waals surface area contributed by atoms with Crippen LogP contribution >= 0.6 is 0 Å². The molecule has 1 aromatic heterocycles. The van der Waals surface area contributed by atoms with E-state index >= 15 is 0 Å². The van der Waals surface area contributed by atoms with E-state index in [9.17, 15) is 0 Å². The molecule has 5 aliphatic carbocycles. The van der Waals surface area contributed by atoms with Crippen molar-refractivity contribution in [2.45, 2.75) is 74.7 Å². The third kappa shape index (κ3) is 2.58. The molecule has 4 bridgehead atoms. The van der Waals surface area contributed by atoms with Crippen LogP contribution in [0.4, 0.5) is 0 Å². The van der Waals surface area contributed by atoms with Crippen LogP contribution < -0.4 is 9.47 Å². The van der Waals surface area contributed by atoms with Crippen molar-refractivity contribution < 1.29 is 23.4 Å². The van der Waals surface area contributed by atoms with E-state index in [0.717, 1.165) is 48.9 Å². The second-order valence-electron chi connectivity index (χ2n) is 12.3. The van der Waals surface area contributed by atoms with Gasteiger partial charge in [0.2, 0.25) is 0 Å². The number of furan rings is 1. The average molecular weight is 492 g/mol. The second kappa shape index (κ2) is 7.52. The molecule has 2 spiro atoms. The molecular weight excluding hydrogens is 454 g/mol. The van der Waals surface area contributed by atoms with Crippen LogP contribution in [0.3, 0.4) is 0 Å². The number of ether oxygens (including phenoxy) is 4. The minimum absolute atomic E-state index is 0.000938. The predicted molar refractivity (Wildman–Crippen MR) is 133 cm³/mol. The number of fused-ring (bicyclic) bond motifs is 2. The zero-order chi connectivity index (χ0) is 24.1. The fraction of sp³-hybridized carbons (Fsp3) is 0.667. The Bertz CT molecular complexity index is 1180. The summed E-state index contributed by atoms with van der Waals surface area (Å²) in [5.74, 6) is 3.94.